The first-order valence-corrected chi connectivity index (χ1v) is 8.43. The summed E-state index contributed by atoms with van der Waals surface area (Å²) in [4.78, 5) is 38.0. The highest BCUT2D eigenvalue weighted by molar-refractivity contribution is 5.88. The predicted octanol–water partition coefficient (Wildman–Crippen LogP) is 0.841. The SMILES string of the molecule is CC(C)CC(=O)N[C@H](C(=O)N1CCc2n[nH]c(=O)cc2C1)C(C)C. The lowest BCUT2D eigenvalue weighted by molar-refractivity contribution is -0.138. The van der Waals surface area contributed by atoms with Crippen LogP contribution in [0.25, 0.3) is 0 Å². The molecular formula is C17H26N4O3. The van der Waals surface area contributed by atoms with Gasteiger partial charge in [0.1, 0.15) is 6.04 Å². The maximum atomic E-state index is 12.9. The lowest BCUT2D eigenvalue weighted by atomic mass is 9.99. The second kappa shape index (κ2) is 7.59. The van der Waals surface area contributed by atoms with Crippen molar-refractivity contribution in [3.63, 3.8) is 0 Å². The van der Waals surface area contributed by atoms with E-state index >= 15 is 0 Å². The van der Waals surface area contributed by atoms with Crippen LogP contribution >= 0.6 is 0 Å². The predicted molar refractivity (Wildman–Crippen MR) is 90.2 cm³/mol. The van der Waals surface area contributed by atoms with Crippen LogP contribution in [0.3, 0.4) is 0 Å². The maximum absolute atomic E-state index is 12.9. The van der Waals surface area contributed by atoms with Crippen molar-refractivity contribution in [3.8, 4) is 0 Å². The smallest absolute Gasteiger partial charge is 0.264 e. The highest BCUT2D eigenvalue weighted by Crippen LogP contribution is 2.17. The molecule has 1 aromatic rings. The largest absolute Gasteiger partial charge is 0.344 e. The molecule has 2 amide bonds. The number of carbonyl (C=O) groups is 2. The molecule has 7 nitrogen and oxygen atoms in total. The second-order valence-electron chi connectivity index (χ2n) is 7.10. The molecule has 0 aromatic carbocycles. The quantitative estimate of drug-likeness (QED) is 0.834. The van der Waals surface area contributed by atoms with E-state index in [0.29, 0.717) is 25.9 Å². The minimum Gasteiger partial charge on any atom is -0.344 e. The number of aromatic nitrogens is 2. The van der Waals surface area contributed by atoms with E-state index in [1.165, 1.54) is 6.07 Å². The molecule has 0 saturated carbocycles. The van der Waals surface area contributed by atoms with Crippen LogP contribution in [0.5, 0.6) is 0 Å². The molecular weight excluding hydrogens is 308 g/mol. The van der Waals surface area contributed by atoms with E-state index in [-0.39, 0.29) is 29.2 Å². The van der Waals surface area contributed by atoms with Gasteiger partial charge in [0.25, 0.3) is 5.56 Å². The Hall–Kier alpha value is -2.18. The lowest BCUT2D eigenvalue weighted by Crippen LogP contribution is -2.52. The van der Waals surface area contributed by atoms with Gasteiger partial charge in [-0.25, -0.2) is 5.10 Å². The summed E-state index contributed by atoms with van der Waals surface area (Å²) in [5.74, 6) is 0.0282. The van der Waals surface area contributed by atoms with Gasteiger partial charge in [-0.15, -0.1) is 0 Å². The molecule has 1 aliphatic heterocycles. The van der Waals surface area contributed by atoms with Gasteiger partial charge >= 0.3 is 0 Å². The van der Waals surface area contributed by atoms with E-state index in [2.05, 4.69) is 15.5 Å². The number of nitrogens with zero attached hydrogens (tertiary/aromatic N) is 2. The number of aromatic amines is 1. The molecule has 0 radical (unpaired) electrons. The molecule has 1 atom stereocenters. The van der Waals surface area contributed by atoms with Crippen LogP contribution in [0.2, 0.25) is 0 Å². The van der Waals surface area contributed by atoms with Crippen LogP contribution < -0.4 is 10.9 Å². The Morgan fingerprint density at radius 2 is 2.04 bits per heavy atom. The first kappa shape index (κ1) is 18.2. The van der Waals surface area contributed by atoms with Crippen molar-refractivity contribution in [2.45, 2.75) is 53.1 Å². The minimum absolute atomic E-state index is 0.00712. The fourth-order valence-electron chi connectivity index (χ4n) is 2.85. The van der Waals surface area contributed by atoms with Crippen molar-refractivity contribution in [3.05, 3.63) is 27.7 Å². The van der Waals surface area contributed by atoms with Gasteiger partial charge in [0.15, 0.2) is 0 Å². The fraction of sp³-hybridized carbons (Fsp3) is 0.647. The second-order valence-corrected chi connectivity index (χ2v) is 7.10. The van der Waals surface area contributed by atoms with Gasteiger partial charge in [-0.05, 0) is 11.8 Å². The topological polar surface area (TPSA) is 95.2 Å². The molecule has 0 unspecified atom stereocenters. The molecule has 2 N–H and O–H groups in total. The summed E-state index contributed by atoms with van der Waals surface area (Å²) in [6, 6.07) is 0.941. The van der Waals surface area contributed by atoms with Crippen molar-refractivity contribution in [2.75, 3.05) is 6.54 Å². The Kier molecular flexibility index (Phi) is 5.75. The molecule has 0 bridgehead atoms. The van der Waals surface area contributed by atoms with Crippen LogP contribution in [-0.2, 0) is 22.6 Å². The molecule has 1 aromatic heterocycles. The maximum Gasteiger partial charge on any atom is 0.264 e. The Bertz CT molecular complexity index is 666. The standard InChI is InChI=1S/C17H26N4O3/c1-10(2)7-14(22)18-16(11(3)4)17(24)21-6-5-13-12(9-21)8-15(23)20-19-13/h8,10-11,16H,5-7,9H2,1-4H3,(H,18,22)(H,20,23)/t16-/m0/s1. The number of amides is 2. The van der Waals surface area contributed by atoms with Gasteiger partial charge in [-0.2, -0.15) is 5.10 Å². The third-order valence-corrected chi connectivity index (χ3v) is 4.11. The van der Waals surface area contributed by atoms with Crippen LogP contribution in [0.15, 0.2) is 10.9 Å². The van der Waals surface area contributed by atoms with E-state index in [0.717, 1.165) is 11.3 Å². The van der Waals surface area contributed by atoms with E-state index in [1.807, 2.05) is 27.7 Å². The van der Waals surface area contributed by atoms with E-state index < -0.39 is 6.04 Å². The van der Waals surface area contributed by atoms with Gasteiger partial charge in [-0.1, -0.05) is 27.7 Å². The normalized spacial score (nSPS) is 15.3. The lowest BCUT2D eigenvalue weighted by Gasteiger charge is -2.32. The number of rotatable bonds is 5. The Morgan fingerprint density at radius 1 is 1.33 bits per heavy atom. The number of hydrogen-bond acceptors (Lipinski definition) is 4. The third-order valence-electron chi connectivity index (χ3n) is 4.11. The summed E-state index contributed by atoms with van der Waals surface area (Å²) in [6.45, 7) is 8.67. The molecule has 0 fully saturated rings. The molecule has 2 heterocycles. The zero-order chi connectivity index (χ0) is 17.9. The van der Waals surface area contributed by atoms with Crippen LogP contribution in [-0.4, -0.2) is 39.5 Å². The van der Waals surface area contributed by atoms with Crippen molar-refractivity contribution in [1.29, 1.82) is 0 Å². The summed E-state index contributed by atoms with van der Waals surface area (Å²) in [6.07, 6.45) is 1.00. The number of nitrogens with one attached hydrogen (secondary N) is 2. The van der Waals surface area contributed by atoms with Crippen LogP contribution in [0.4, 0.5) is 0 Å². The fourth-order valence-corrected chi connectivity index (χ4v) is 2.85. The highest BCUT2D eigenvalue weighted by atomic mass is 16.2. The summed E-state index contributed by atoms with van der Waals surface area (Å²) >= 11 is 0. The molecule has 7 heteroatoms. The summed E-state index contributed by atoms with van der Waals surface area (Å²) in [5.41, 5.74) is 1.33. The Labute approximate surface area is 141 Å². The zero-order valence-electron chi connectivity index (χ0n) is 14.8. The summed E-state index contributed by atoms with van der Waals surface area (Å²) in [7, 11) is 0. The molecule has 0 saturated heterocycles. The number of hydrogen-bond donors (Lipinski definition) is 2. The van der Waals surface area contributed by atoms with Gasteiger partial charge in [0.2, 0.25) is 11.8 Å². The third kappa shape index (κ3) is 4.43. The molecule has 0 aliphatic carbocycles. The molecule has 132 valence electrons. The van der Waals surface area contributed by atoms with E-state index in [1.54, 1.807) is 4.90 Å². The van der Waals surface area contributed by atoms with E-state index in [9.17, 15) is 14.4 Å². The zero-order valence-corrected chi connectivity index (χ0v) is 14.8. The van der Waals surface area contributed by atoms with Gasteiger partial charge < -0.3 is 10.2 Å². The first-order chi connectivity index (χ1) is 11.3. The van der Waals surface area contributed by atoms with Crippen molar-refractivity contribution < 1.29 is 9.59 Å². The molecule has 2 rings (SSSR count). The van der Waals surface area contributed by atoms with Gasteiger partial charge in [0, 0.05) is 37.6 Å². The Morgan fingerprint density at radius 3 is 2.67 bits per heavy atom. The van der Waals surface area contributed by atoms with Gasteiger partial charge in [-0.3, -0.25) is 14.4 Å². The average molecular weight is 334 g/mol. The van der Waals surface area contributed by atoms with Crippen molar-refractivity contribution in [2.24, 2.45) is 11.8 Å². The Balaban J connectivity index is 2.10. The van der Waals surface area contributed by atoms with E-state index in [4.69, 9.17) is 0 Å². The number of H-pyrrole nitrogens is 1. The molecule has 0 spiro atoms. The van der Waals surface area contributed by atoms with Crippen molar-refractivity contribution >= 4 is 11.8 Å². The monoisotopic (exact) mass is 334 g/mol. The van der Waals surface area contributed by atoms with Crippen LogP contribution in [0.1, 0.15) is 45.4 Å². The van der Waals surface area contributed by atoms with Crippen molar-refractivity contribution in [1.82, 2.24) is 20.4 Å². The number of carbonyl (C=O) groups excluding carboxylic acids is 2. The number of fused-ring (bicyclic) bond motifs is 1. The minimum atomic E-state index is -0.548. The average Bonchev–Trinajstić information content (AvgIpc) is 2.50. The van der Waals surface area contributed by atoms with Gasteiger partial charge in [0.05, 0.1) is 5.69 Å². The summed E-state index contributed by atoms with van der Waals surface area (Å²) < 4.78 is 0. The van der Waals surface area contributed by atoms with Crippen LogP contribution in [0, 0.1) is 11.8 Å². The molecule has 1 aliphatic rings. The summed E-state index contributed by atoms with van der Waals surface area (Å²) in [5, 5.41) is 9.32. The highest BCUT2D eigenvalue weighted by Gasteiger charge is 2.31. The first-order valence-electron chi connectivity index (χ1n) is 8.43. The molecule has 24 heavy (non-hydrogen) atoms.